The second-order valence-electron chi connectivity index (χ2n) is 4.57. The average molecular weight is 240 g/mol. The molecular weight excluding hydrogens is 220 g/mol. The minimum absolute atomic E-state index is 0.175. The van der Waals surface area contributed by atoms with Crippen molar-refractivity contribution in [2.75, 3.05) is 5.75 Å². The normalized spacial score (nSPS) is 27.2. The number of rotatable bonds is 4. The van der Waals surface area contributed by atoms with Crippen LogP contribution in [0.25, 0.3) is 0 Å². The first-order valence-electron chi connectivity index (χ1n) is 5.92. The number of aryl methyl sites for hydroxylation is 1. The highest BCUT2D eigenvalue weighted by Gasteiger charge is 2.36. The molecule has 4 nitrogen and oxygen atoms in total. The molecule has 16 heavy (non-hydrogen) atoms. The molecule has 1 aromatic heterocycles. The van der Waals surface area contributed by atoms with Crippen molar-refractivity contribution in [3.05, 3.63) is 12.2 Å². The summed E-state index contributed by atoms with van der Waals surface area (Å²) in [5, 5.41) is 4.18. The lowest BCUT2D eigenvalue weighted by Crippen LogP contribution is -2.43. The van der Waals surface area contributed by atoms with Crippen LogP contribution in [0.5, 0.6) is 0 Å². The summed E-state index contributed by atoms with van der Waals surface area (Å²) in [5.41, 5.74) is 6.33. The summed E-state index contributed by atoms with van der Waals surface area (Å²) in [7, 11) is 0. The van der Waals surface area contributed by atoms with E-state index in [9.17, 15) is 0 Å². The number of aromatic nitrogens is 3. The molecule has 0 spiro atoms. The largest absolute Gasteiger partial charge is 0.326 e. The van der Waals surface area contributed by atoms with Crippen molar-refractivity contribution in [3.8, 4) is 0 Å². The smallest absolute Gasteiger partial charge is 0.138 e. The molecule has 5 heteroatoms. The van der Waals surface area contributed by atoms with Gasteiger partial charge < -0.3 is 5.73 Å². The molecule has 1 fully saturated rings. The van der Waals surface area contributed by atoms with Crippen LogP contribution in [0.15, 0.2) is 6.33 Å². The zero-order chi connectivity index (χ0) is 11.6. The number of hydrogen-bond donors (Lipinski definition) is 1. The Hall–Kier alpha value is -0.550. The molecule has 1 aromatic rings. The molecule has 2 atom stereocenters. The first kappa shape index (κ1) is 11.9. The molecule has 1 aliphatic rings. The van der Waals surface area contributed by atoms with Gasteiger partial charge in [-0.25, -0.2) is 4.98 Å². The SMILES string of the molecule is CCn1ncnc1CC(N)C1(C)CCCS1. The molecule has 0 bridgehead atoms. The molecule has 0 amide bonds. The van der Waals surface area contributed by atoms with Crippen molar-refractivity contribution in [2.24, 2.45) is 5.73 Å². The Morgan fingerprint density at radius 3 is 3.12 bits per heavy atom. The lowest BCUT2D eigenvalue weighted by atomic mass is 9.94. The van der Waals surface area contributed by atoms with E-state index in [0.717, 1.165) is 18.8 Å². The third-order valence-electron chi connectivity index (χ3n) is 3.43. The highest BCUT2D eigenvalue weighted by atomic mass is 32.2. The van der Waals surface area contributed by atoms with Crippen molar-refractivity contribution in [1.29, 1.82) is 0 Å². The van der Waals surface area contributed by atoms with E-state index in [0.29, 0.717) is 0 Å². The minimum Gasteiger partial charge on any atom is -0.326 e. The van der Waals surface area contributed by atoms with Crippen molar-refractivity contribution < 1.29 is 0 Å². The van der Waals surface area contributed by atoms with Crippen LogP contribution in [0.4, 0.5) is 0 Å². The summed E-state index contributed by atoms with van der Waals surface area (Å²) < 4.78 is 2.16. The van der Waals surface area contributed by atoms with Gasteiger partial charge in [-0.3, -0.25) is 4.68 Å². The highest BCUT2D eigenvalue weighted by molar-refractivity contribution is 8.00. The Morgan fingerprint density at radius 2 is 2.50 bits per heavy atom. The predicted octanol–water partition coefficient (Wildman–Crippen LogP) is 1.45. The second-order valence-corrected chi connectivity index (χ2v) is 6.20. The van der Waals surface area contributed by atoms with Gasteiger partial charge in [-0.1, -0.05) is 0 Å². The van der Waals surface area contributed by atoms with Gasteiger partial charge in [0.25, 0.3) is 0 Å². The van der Waals surface area contributed by atoms with Crippen molar-refractivity contribution in [3.63, 3.8) is 0 Å². The fourth-order valence-corrected chi connectivity index (χ4v) is 3.56. The summed E-state index contributed by atoms with van der Waals surface area (Å²) in [6.45, 7) is 5.23. The molecule has 0 aromatic carbocycles. The molecule has 0 saturated carbocycles. The van der Waals surface area contributed by atoms with E-state index in [1.165, 1.54) is 18.6 Å². The highest BCUT2D eigenvalue weighted by Crippen LogP contribution is 2.40. The van der Waals surface area contributed by atoms with Gasteiger partial charge in [-0.05, 0) is 32.4 Å². The standard InChI is InChI=1S/C11H20N4S/c1-3-15-10(13-8-14-15)7-9(12)11(2)5-4-6-16-11/h8-9H,3-7,12H2,1-2H3. The zero-order valence-electron chi connectivity index (χ0n) is 10.0. The maximum atomic E-state index is 6.33. The van der Waals surface area contributed by atoms with Crippen LogP contribution in [0.2, 0.25) is 0 Å². The van der Waals surface area contributed by atoms with E-state index in [1.54, 1.807) is 6.33 Å². The first-order valence-corrected chi connectivity index (χ1v) is 6.90. The molecule has 1 saturated heterocycles. The monoisotopic (exact) mass is 240 g/mol. The number of nitrogens with two attached hydrogens (primary N) is 1. The van der Waals surface area contributed by atoms with E-state index >= 15 is 0 Å². The average Bonchev–Trinajstić information content (AvgIpc) is 2.87. The van der Waals surface area contributed by atoms with E-state index in [2.05, 4.69) is 23.9 Å². The van der Waals surface area contributed by atoms with E-state index < -0.39 is 0 Å². The number of hydrogen-bond acceptors (Lipinski definition) is 4. The van der Waals surface area contributed by atoms with Crippen LogP contribution in [0.1, 0.15) is 32.5 Å². The van der Waals surface area contributed by atoms with Crippen LogP contribution in [0.3, 0.4) is 0 Å². The summed E-state index contributed by atoms with van der Waals surface area (Å²) in [4.78, 5) is 4.29. The van der Waals surface area contributed by atoms with Crippen molar-refractivity contribution >= 4 is 11.8 Å². The van der Waals surface area contributed by atoms with E-state index in [4.69, 9.17) is 5.73 Å². The summed E-state index contributed by atoms with van der Waals surface area (Å²) >= 11 is 2.01. The molecule has 90 valence electrons. The quantitative estimate of drug-likeness (QED) is 0.865. The van der Waals surface area contributed by atoms with Gasteiger partial charge in [0.1, 0.15) is 12.2 Å². The molecule has 2 unspecified atom stereocenters. The predicted molar refractivity (Wildman–Crippen MR) is 67.5 cm³/mol. The Morgan fingerprint density at radius 1 is 1.69 bits per heavy atom. The topological polar surface area (TPSA) is 56.7 Å². The van der Waals surface area contributed by atoms with Gasteiger partial charge in [0.15, 0.2) is 0 Å². The molecule has 0 radical (unpaired) electrons. The van der Waals surface area contributed by atoms with Crippen LogP contribution in [-0.2, 0) is 13.0 Å². The van der Waals surface area contributed by atoms with Crippen molar-refractivity contribution in [1.82, 2.24) is 14.8 Å². The van der Waals surface area contributed by atoms with Crippen molar-refractivity contribution in [2.45, 2.75) is 50.4 Å². The molecule has 1 aliphatic heterocycles. The lowest BCUT2D eigenvalue weighted by Gasteiger charge is -2.29. The second kappa shape index (κ2) is 4.75. The van der Waals surface area contributed by atoms with E-state index in [1.807, 2.05) is 16.4 Å². The number of thioether (sulfide) groups is 1. The fraction of sp³-hybridized carbons (Fsp3) is 0.818. The Bertz CT molecular complexity index is 344. The van der Waals surface area contributed by atoms with E-state index in [-0.39, 0.29) is 10.8 Å². The van der Waals surface area contributed by atoms with Gasteiger partial charge in [-0.15, -0.1) is 0 Å². The van der Waals surface area contributed by atoms with Gasteiger partial charge in [-0.2, -0.15) is 16.9 Å². The Labute approximate surface area is 101 Å². The van der Waals surface area contributed by atoms with Crippen LogP contribution in [-0.4, -0.2) is 31.3 Å². The molecule has 2 N–H and O–H groups in total. The first-order chi connectivity index (χ1) is 7.65. The van der Waals surface area contributed by atoms with Crippen LogP contribution in [0, 0.1) is 0 Å². The molecule has 2 rings (SSSR count). The Balaban J connectivity index is 2.04. The Kier molecular flexibility index (Phi) is 3.54. The summed E-state index contributed by atoms with van der Waals surface area (Å²) in [5.74, 6) is 2.26. The van der Waals surface area contributed by atoms with Gasteiger partial charge in [0.05, 0.1) is 0 Å². The lowest BCUT2D eigenvalue weighted by molar-refractivity contribution is 0.462. The maximum Gasteiger partial charge on any atom is 0.138 e. The van der Waals surface area contributed by atoms with Gasteiger partial charge in [0, 0.05) is 23.8 Å². The zero-order valence-corrected chi connectivity index (χ0v) is 10.8. The van der Waals surface area contributed by atoms with Crippen LogP contribution < -0.4 is 5.73 Å². The maximum absolute atomic E-state index is 6.33. The van der Waals surface area contributed by atoms with Crippen LogP contribution >= 0.6 is 11.8 Å². The molecule has 0 aliphatic carbocycles. The molecule has 2 heterocycles. The summed E-state index contributed by atoms with van der Waals surface area (Å²) in [6.07, 6.45) is 4.96. The minimum atomic E-state index is 0.175. The molecular formula is C11H20N4S. The third kappa shape index (κ3) is 2.25. The fourth-order valence-electron chi connectivity index (χ4n) is 2.22. The van der Waals surface area contributed by atoms with Gasteiger partial charge >= 0.3 is 0 Å². The summed E-state index contributed by atoms with van der Waals surface area (Å²) in [6, 6.07) is 0.175. The third-order valence-corrected chi connectivity index (χ3v) is 5.09. The van der Waals surface area contributed by atoms with Gasteiger partial charge in [0.2, 0.25) is 0 Å². The number of nitrogens with zero attached hydrogens (tertiary/aromatic N) is 3.